The Kier molecular flexibility index (Phi) is 4.78. The van der Waals surface area contributed by atoms with Gasteiger partial charge in [0, 0.05) is 41.3 Å². The summed E-state index contributed by atoms with van der Waals surface area (Å²) in [5, 5.41) is 2.44. The smallest absolute Gasteiger partial charge is 0.165 e. The first-order valence-electron chi connectivity index (χ1n) is 10.2. The minimum atomic E-state index is 0.675. The predicted molar refractivity (Wildman–Crippen MR) is 137 cm³/mol. The molecule has 32 heavy (non-hydrogen) atoms. The molecule has 6 aromatic rings. The van der Waals surface area contributed by atoms with Crippen LogP contribution in [0.15, 0.2) is 102 Å². The first-order chi connectivity index (χ1) is 15.8. The maximum atomic E-state index is 4.91. The lowest BCUT2D eigenvalue weighted by Crippen LogP contribution is -2.00. The van der Waals surface area contributed by atoms with E-state index in [2.05, 4.69) is 52.3 Å². The highest BCUT2D eigenvalue weighted by atomic mass is 79.9. The monoisotopic (exact) mass is 493 g/mol. The molecule has 152 valence electrons. The lowest BCUT2D eigenvalue weighted by atomic mass is 10.1. The highest BCUT2D eigenvalue weighted by Crippen LogP contribution is 2.42. The second-order valence-electron chi connectivity index (χ2n) is 7.44. The minimum Gasteiger partial charge on any atom is -0.208 e. The lowest BCUT2D eigenvalue weighted by Gasteiger charge is -2.09. The van der Waals surface area contributed by atoms with Gasteiger partial charge in [-0.3, -0.25) is 0 Å². The molecule has 0 fully saturated rings. The van der Waals surface area contributed by atoms with E-state index < -0.39 is 0 Å². The molecule has 2 aromatic heterocycles. The van der Waals surface area contributed by atoms with E-state index in [1.165, 1.54) is 20.2 Å². The van der Waals surface area contributed by atoms with Crippen LogP contribution in [0.25, 0.3) is 54.3 Å². The summed E-state index contributed by atoms with van der Waals surface area (Å²) in [4.78, 5) is 14.6. The first-order valence-corrected chi connectivity index (χ1v) is 11.9. The zero-order valence-corrected chi connectivity index (χ0v) is 19.3. The van der Waals surface area contributed by atoms with Crippen molar-refractivity contribution in [2.24, 2.45) is 0 Å². The minimum absolute atomic E-state index is 0.675. The van der Waals surface area contributed by atoms with Gasteiger partial charge >= 0.3 is 0 Å². The largest absolute Gasteiger partial charge is 0.208 e. The number of rotatable bonds is 3. The number of benzene rings is 4. The number of hydrogen-bond acceptors (Lipinski definition) is 4. The Labute approximate surface area is 197 Å². The molecule has 0 aliphatic heterocycles. The van der Waals surface area contributed by atoms with E-state index in [0.29, 0.717) is 17.5 Å². The van der Waals surface area contributed by atoms with Crippen LogP contribution in [0.4, 0.5) is 0 Å². The van der Waals surface area contributed by atoms with Crippen LogP contribution < -0.4 is 0 Å². The van der Waals surface area contributed by atoms with Gasteiger partial charge in [0.25, 0.3) is 0 Å². The molecule has 0 aliphatic carbocycles. The third-order valence-corrected chi connectivity index (χ3v) is 7.28. The highest BCUT2D eigenvalue weighted by molar-refractivity contribution is 9.10. The summed E-state index contributed by atoms with van der Waals surface area (Å²) >= 11 is 5.50. The summed E-state index contributed by atoms with van der Waals surface area (Å²) in [6, 6.07) is 32.8. The van der Waals surface area contributed by atoms with Crippen molar-refractivity contribution >= 4 is 47.4 Å². The van der Waals surface area contributed by atoms with Crippen LogP contribution in [0.3, 0.4) is 0 Å². The molecule has 0 bridgehead atoms. The molecule has 6 rings (SSSR count). The number of nitrogens with zero attached hydrogens (tertiary/aromatic N) is 3. The molecule has 0 radical (unpaired) electrons. The maximum absolute atomic E-state index is 4.91. The van der Waals surface area contributed by atoms with Crippen LogP contribution in [0.1, 0.15) is 0 Å². The molecule has 3 nitrogen and oxygen atoms in total. The standard InChI is InChI=1S/C27H16BrN3S/c28-21-15-8-16-22-23(21)19-13-7-14-20(24(19)32-22)27-30-25(17-9-3-1-4-10-17)29-26(31-27)18-11-5-2-6-12-18/h1-16H. The molecular formula is C27H16BrN3S. The van der Waals surface area contributed by atoms with Gasteiger partial charge in [0.05, 0.1) is 0 Å². The Bertz CT molecular complexity index is 1520. The quantitative estimate of drug-likeness (QED) is 0.250. The Morgan fingerprint density at radius 3 is 1.81 bits per heavy atom. The number of thiophene rings is 1. The van der Waals surface area contributed by atoms with Crippen LogP contribution in [-0.4, -0.2) is 15.0 Å². The van der Waals surface area contributed by atoms with E-state index in [-0.39, 0.29) is 0 Å². The van der Waals surface area contributed by atoms with Crippen molar-refractivity contribution in [3.05, 3.63) is 102 Å². The van der Waals surface area contributed by atoms with Crippen LogP contribution in [0.5, 0.6) is 0 Å². The van der Waals surface area contributed by atoms with Crippen molar-refractivity contribution in [1.82, 2.24) is 15.0 Å². The van der Waals surface area contributed by atoms with Crippen LogP contribution in [-0.2, 0) is 0 Å². The summed E-state index contributed by atoms with van der Waals surface area (Å²) in [6.45, 7) is 0. The van der Waals surface area contributed by atoms with Crippen molar-refractivity contribution < 1.29 is 0 Å². The summed E-state index contributed by atoms with van der Waals surface area (Å²) in [5.41, 5.74) is 2.96. The molecule has 0 atom stereocenters. The van der Waals surface area contributed by atoms with Crippen molar-refractivity contribution in [3.63, 3.8) is 0 Å². The topological polar surface area (TPSA) is 38.7 Å². The lowest BCUT2D eigenvalue weighted by molar-refractivity contribution is 1.08. The molecule has 0 saturated heterocycles. The number of hydrogen-bond donors (Lipinski definition) is 0. The molecule has 4 aromatic carbocycles. The van der Waals surface area contributed by atoms with E-state index in [1.54, 1.807) is 11.3 Å². The molecule has 0 unspecified atom stereocenters. The zero-order chi connectivity index (χ0) is 21.5. The van der Waals surface area contributed by atoms with Gasteiger partial charge in [0.15, 0.2) is 17.5 Å². The number of fused-ring (bicyclic) bond motifs is 3. The van der Waals surface area contributed by atoms with Crippen LogP contribution in [0.2, 0.25) is 0 Å². The molecule has 2 heterocycles. The fourth-order valence-corrected chi connectivity index (χ4v) is 5.86. The summed E-state index contributed by atoms with van der Waals surface area (Å²) in [6.07, 6.45) is 0. The highest BCUT2D eigenvalue weighted by Gasteiger charge is 2.17. The molecular weight excluding hydrogens is 478 g/mol. The molecule has 0 aliphatic rings. The van der Waals surface area contributed by atoms with E-state index in [9.17, 15) is 0 Å². The Morgan fingerprint density at radius 1 is 0.562 bits per heavy atom. The molecule has 0 N–H and O–H groups in total. The maximum Gasteiger partial charge on any atom is 0.165 e. The van der Waals surface area contributed by atoms with Gasteiger partial charge in [-0.15, -0.1) is 11.3 Å². The molecule has 0 spiro atoms. The molecule has 0 saturated carbocycles. The van der Waals surface area contributed by atoms with E-state index in [4.69, 9.17) is 15.0 Å². The van der Waals surface area contributed by atoms with Gasteiger partial charge in [-0.2, -0.15) is 0 Å². The van der Waals surface area contributed by atoms with E-state index >= 15 is 0 Å². The SMILES string of the molecule is Brc1cccc2sc3c(-c4nc(-c5ccccc5)nc(-c5ccccc5)n4)cccc3c12. The zero-order valence-electron chi connectivity index (χ0n) is 16.9. The Balaban J connectivity index is 1.64. The number of aromatic nitrogens is 3. The second-order valence-corrected chi connectivity index (χ2v) is 9.34. The van der Waals surface area contributed by atoms with Gasteiger partial charge in [-0.05, 0) is 18.2 Å². The Morgan fingerprint density at radius 2 is 1.16 bits per heavy atom. The fraction of sp³-hybridized carbons (Fsp3) is 0. The molecule has 0 amide bonds. The predicted octanol–water partition coefficient (Wildman–Crippen LogP) is 8.00. The van der Waals surface area contributed by atoms with Crippen molar-refractivity contribution in [2.75, 3.05) is 0 Å². The van der Waals surface area contributed by atoms with Crippen molar-refractivity contribution in [3.8, 4) is 34.2 Å². The average Bonchev–Trinajstić information content (AvgIpc) is 3.25. The average molecular weight is 494 g/mol. The van der Waals surface area contributed by atoms with Gasteiger partial charge in [-0.1, -0.05) is 94.8 Å². The van der Waals surface area contributed by atoms with Gasteiger partial charge in [0.1, 0.15) is 0 Å². The third-order valence-electron chi connectivity index (χ3n) is 5.41. The summed E-state index contributed by atoms with van der Waals surface area (Å²) < 4.78 is 3.52. The van der Waals surface area contributed by atoms with Gasteiger partial charge in [-0.25, -0.2) is 15.0 Å². The summed E-state index contributed by atoms with van der Waals surface area (Å²) in [7, 11) is 0. The molecule has 5 heteroatoms. The van der Waals surface area contributed by atoms with Crippen LogP contribution >= 0.6 is 27.3 Å². The first kappa shape index (κ1) is 19.3. The summed E-state index contributed by atoms with van der Waals surface area (Å²) in [5.74, 6) is 2.04. The number of halogens is 1. The third kappa shape index (κ3) is 3.30. The fourth-order valence-electron chi connectivity index (χ4n) is 3.91. The second kappa shape index (κ2) is 7.93. The normalized spacial score (nSPS) is 11.3. The van der Waals surface area contributed by atoms with Gasteiger partial charge in [0.2, 0.25) is 0 Å². The van der Waals surface area contributed by atoms with E-state index in [0.717, 1.165) is 21.2 Å². The van der Waals surface area contributed by atoms with E-state index in [1.807, 2.05) is 60.7 Å². The van der Waals surface area contributed by atoms with Crippen molar-refractivity contribution in [1.29, 1.82) is 0 Å². The van der Waals surface area contributed by atoms with Gasteiger partial charge < -0.3 is 0 Å². The van der Waals surface area contributed by atoms with Crippen molar-refractivity contribution in [2.45, 2.75) is 0 Å². The van der Waals surface area contributed by atoms with Crippen LogP contribution in [0, 0.1) is 0 Å². The Hall–Kier alpha value is -3.41.